The summed E-state index contributed by atoms with van der Waals surface area (Å²) in [5.41, 5.74) is 4.32. The first-order chi connectivity index (χ1) is 3.42. The van der Waals surface area contributed by atoms with Crippen molar-refractivity contribution in [3.8, 4) is 0 Å². The van der Waals surface area contributed by atoms with Crippen LogP contribution in [0.4, 0.5) is 4.79 Å². The summed E-state index contributed by atoms with van der Waals surface area (Å²) in [5, 5.41) is 16.0. The molecule has 0 atom stereocenters. The Morgan fingerprint density at radius 3 is 2.12 bits per heavy atom. The van der Waals surface area contributed by atoms with E-state index in [1.165, 1.54) is 0 Å². The number of primary amides is 1. The van der Waals surface area contributed by atoms with Crippen molar-refractivity contribution >= 4 is 13.9 Å². The minimum Gasteiger partial charge on any atom is -0.403 e. The van der Waals surface area contributed by atoms with Gasteiger partial charge in [-0.3, -0.25) is 0 Å². The number of carbonyl (C=O) groups is 1. The second-order valence-electron chi connectivity index (χ2n) is 1.08. The molecule has 0 aliphatic carbocycles. The average molecular weight is 117 g/mol. The molecule has 0 bridgehead atoms. The van der Waals surface area contributed by atoms with Crippen molar-refractivity contribution in [1.82, 2.24) is 0 Å². The molecule has 6 heteroatoms. The number of rotatable bonds is 1. The lowest BCUT2D eigenvalue weighted by molar-refractivity contribution is -0.239. The standard InChI is InChI=1S/C2H4BNO4/c3-2(6,7)8-1(4)5/h6-7H,(H2,4,5). The van der Waals surface area contributed by atoms with E-state index < -0.39 is 12.0 Å². The summed E-state index contributed by atoms with van der Waals surface area (Å²) in [6.45, 7) is 0. The fraction of sp³-hybridized carbons (Fsp3) is 0.500. The first-order valence-electron chi connectivity index (χ1n) is 1.64. The van der Waals surface area contributed by atoms with E-state index in [4.69, 9.17) is 10.2 Å². The molecule has 0 saturated carbocycles. The van der Waals surface area contributed by atoms with Crippen LogP contribution < -0.4 is 5.73 Å². The van der Waals surface area contributed by atoms with E-state index in [1.54, 1.807) is 0 Å². The Labute approximate surface area is 46.5 Å². The topological polar surface area (TPSA) is 92.8 Å². The summed E-state index contributed by atoms with van der Waals surface area (Å²) in [6.07, 6.45) is -1.35. The summed E-state index contributed by atoms with van der Waals surface area (Å²) in [6, 6.07) is 0. The summed E-state index contributed by atoms with van der Waals surface area (Å²) < 4.78 is 3.47. The molecule has 0 aromatic carbocycles. The lowest BCUT2D eigenvalue weighted by atomic mass is 10.1. The third kappa shape index (κ3) is 5.25. The Hall–Kier alpha value is -0.745. The van der Waals surface area contributed by atoms with Crippen LogP contribution >= 0.6 is 0 Å². The molecule has 0 spiro atoms. The minimum absolute atomic E-state index is 1.35. The van der Waals surface area contributed by atoms with Gasteiger partial charge in [0.1, 0.15) is 0 Å². The SMILES string of the molecule is [B]C(O)(O)OC(N)=O. The number of ether oxygens (including phenoxy) is 1. The highest BCUT2D eigenvalue weighted by Crippen LogP contribution is 1.91. The molecule has 0 aliphatic heterocycles. The predicted molar refractivity (Wildman–Crippen MR) is 23.6 cm³/mol. The van der Waals surface area contributed by atoms with Crippen LogP contribution in [0.2, 0.25) is 0 Å². The Morgan fingerprint density at radius 2 is 2.12 bits per heavy atom. The summed E-state index contributed by atoms with van der Waals surface area (Å²) in [5.74, 6) is -2.95. The molecule has 0 fully saturated rings. The molecule has 0 saturated heterocycles. The monoisotopic (exact) mass is 117 g/mol. The van der Waals surface area contributed by atoms with Gasteiger partial charge in [0.05, 0.1) is 0 Å². The molecule has 0 unspecified atom stereocenters. The van der Waals surface area contributed by atoms with Crippen LogP contribution in [0.1, 0.15) is 0 Å². The zero-order valence-corrected chi connectivity index (χ0v) is 3.87. The van der Waals surface area contributed by atoms with Crippen molar-refractivity contribution in [3.63, 3.8) is 0 Å². The van der Waals surface area contributed by atoms with Crippen molar-refractivity contribution in [3.05, 3.63) is 0 Å². The highest BCUT2D eigenvalue weighted by atomic mass is 16.8. The van der Waals surface area contributed by atoms with Crippen LogP contribution in [0.15, 0.2) is 0 Å². The third-order valence-corrected chi connectivity index (χ3v) is 0.251. The minimum atomic E-state index is -2.95. The maximum Gasteiger partial charge on any atom is 0.408 e. The van der Waals surface area contributed by atoms with Crippen LogP contribution in [-0.2, 0) is 4.74 Å². The van der Waals surface area contributed by atoms with Gasteiger partial charge in [-0.2, -0.15) is 0 Å². The summed E-state index contributed by atoms with van der Waals surface area (Å²) >= 11 is 0. The quantitative estimate of drug-likeness (QED) is 0.269. The molecule has 5 nitrogen and oxygen atoms in total. The molecular formula is C2H4BNO4. The van der Waals surface area contributed by atoms with Gasteiger partial charge in [0.15, 0.2) is 0 Å². The molecule has 8 heavy (non-hydrogen) atoms. The van der Waals surface area contributed by atoms with Crippen molar-refractivity contribution in [2.75, 3.05) is 0 Å². The van der Waals surface area contributed by atoms with Gasteiger partial charge in [-0.1, -0.05) is 0 Å². The van der Waals surface area contributed by atoms with Gasteiger partial charge in [-0.05, 0) is 0 Å². The first kappa shape index (κ1) is 7.25. The van der Waals surface area contributed by atoms with E-state index in [9.17, 15) is 4.79 Å². The highest BCUT2D eigenvalue weighted by Gasteiger charge is 2.17. The fourth-order valence-electron chi connectivity index (χ4n) is 0.148. The zero-order chi connectivity index (χ0) is 6.78. The lowest BCUT2D eigenvalue weighted by Gasteiger charge is -2.14. The van der Waals surface area contributed by atoms with Crippen LogP contribution in [0.25, 0.3) is 0 Å². The Balaban J connectivity index is 3.55. The molecule has 0 aromatic heterocycles. The zero-order valence-electron chi connectivity index (χ0n) is 3.87. The largest absolute Gasteiger partial charge is 0.408 e. The van der Waals surface area contributed by atoms with E-state index in [0.29, 0.717) is 0 Å². The van der Waals surface area contributed by atoms with Gasteiger partial charge < -0.3 is 20.7 Å². The summed E-state index contributed by atoms with van der Waals surface area (Å²) in [7, 11) is 4.32. The average Bonchev–Trinajstić information content (AvgIpc) is 1.21. The normalized spacial score (nSPS) is 10.8. The fourth-order valence-corrected chi connectivity index (χ4v) is 0.148. The second-order valence-corrected chi connectivity index (χ2v) is 1.08. The van der Waals surface area contributed by atoms with Gasteiger partial charge in [0.2, 0.25) is 7.85 Å². The van der Waals surface area contributed by atoms with Gasteiger partial charge in [0, 0.05) is 0 Å². The van der Waals surface area contributed by atoms with Gasteiger partial charge in [0.25, 0.3) is 5.87 Å². The van der Waals surface area contributed by atoms with Crippen molar-refractivity contribution in [2.24, 2.45) is 5.73 Å². The number of carbonyl (C=O) groups excluding carboxylic acids is 1. The van der Waals surface area contributed by atoms with Gasteiger partial charge in [-0.25, -0.2) is 4.79 Å². The Morgan fingerprint density at radius 1 is 1.75 bits per heavy atom. The van der Waals surface area contributed by atoms with Crippen LogP contribution in [0.3, 0.4) is 0 Å². The van der Waals surface area contributed by atoms with E-state index in [2.05, 4.69) is 18.3 Å². The molecule has 0 aliphatic rings. The molecular weight excluding hydrogens is 113 g/mol. The van der Waals surface area contributed by atoms with E-state index in [1.807, 2.05) is 0 Å². The van der Waals surface area contributed by atoms with Crippen LogP contribution in [0.5, 0.6) is 0 Å². The Kier molecular flexibility index (Phi) is 1.83. The number of nitrogens with two attached hydrogens (primary N) is 1. The molecule has 44 valence electrons. The van der Waals surface area contributed by atoms with E-state index in [0.717, 1.165) is 0 Å². The molecule has 0 aromatic rings. The van der Waals surface area contributed by atoms with Crippen molar-refractivity contribution in [1.29, 1.82) is 0 Å². The third-order valence-electron chi connectivity index (χ3n) is 0.251. The number of aliphatic hydroxyl groups is 2. The maximum atomic E-state index is 9.61. The van der Waals surface area contributed by atoms with Crippen LogP contribution in [-0.4, -0.2) is 30.0 Å². The summed E-state index contributed by atoms with van der Waals surface area (Å²) in [4.78, 5) is 9.61. The first-order valence-corrected chi connectivity index (χ1v) is 1.64. The van der Waals surface area contributed by atoms with Crippen LogP contribution in [0, 0.1) is 0 Å². The molecule has 1 amide bonds. The molecule has 0 heterocycles. The molecule has 4 N–H and O–H groups in total. The predicted octanol–water partition coefficient (Wildman–Crippen LogP) is -2.15. The van der Waals surface area contributed by atoms with E-state index in [-0.39, 0.29) is 0 Å². The Bertz CT molecular complexity index is 96.7. The van der Waals surface area contributed by atoms with Crippen molar-refractivity contribution in [2.45, 2.75) is 5.87 Å². The molecule has 2 radical (unpaired) electrons. The smallest absolute Gasteiger partial charge is 0.403 e. The lowest BCUT2D eigenvalue weighted by Crippen LogP contribution is -2.36. The molecule has 0 rings (SSSR count). The van der Waals surface area contributed by atoms with E-state index >= 15 is 0 Å². The number of hydrogen-bond acceptors (Lipinski definition) is 4. The number of hydrogen-bond donors (Lipinski definition) is 3. The van der Waals surface area contributed by atoms with Gasteiger partial charge in [-0.15, -0.1) is 0 Å². The second kappa shape index (κ2) is 2.02. The highest BCUT2D eigenvalue weighted by molar-refractivity contribution is 6.12. The van der Waals surface area contributed by atoms with Crippen molar-refractivity contribution < 1.29 is 19.7 Å². The maximum absolute atomic E-state index is 9.61. The van der Waals surface area contributed by atoms with Gasteiger partial charge >= 0.3 is 6.09 Å². The number of amides is 1.